The Bertz CT molecular complexity index is 2750. The fraction of sp³-hybridized carbons (Fsp3) is 0.861. The summed E-state index contributed by atoms with van der Waals surface area (Å²) in [5.74, 6) is -3.52. The van der Waals surface area contributed by atoms with Gasteiger partial charge in [0.05, 0.1) is 78.2 Å². The number of nitrogens with zero attached hydrogens (tertiary/aromatic N) is 1. The molecule has 41 heteroatoms. The zero-order chi connectivity index (χ0) is 88.2. The largest absolute Gasteiger partial charge is 0.394 e. The molecule has 15 unspecified atom stereocenters. The summed E-state index contributed by atoms with van der Waals surface area (Å²) in [6.07, 6.45) is -5.31. The normalized spacial score (nSPS) is 25.3. The minimum Gasteiger partial charge on any atom is -0.394 e. The van der Waals surface area contributed by atoms with E-state index in [0.717, 1.165) is 38.5 Å². The van der Waals surface area contributed by atoms with E-state index in [1.807, 2.05) is 0 Å². The Balaban J connectivity index is 1.30. The van der Waals surface area contributed by atoms with Crippen molar-refractivity contribution in [3.63, 3.8) is 0 Å². The van der Waals surface area contributed by atoms with Crippen molar-refractivity contribution in [1.82, 2.24) is 52.8 Å². The molecule has 0 bridgehead atoms. The van der Waals surface area contributed by atoms with Gasteiger partial charge in [-0.15, -0.1) is 0 Å². The Morgan fingerprint density at radius 2 is 0.642 bits per heavy atom. The molecule has 0 aliphatic carbocycles. The molecule has 20 N–H and O–H groups in total. The lowest BCUT2D eigenvalue weighted by atomic mass is 9.84. The van der Waals surface area contributed by atoms with Gasteiger partial charge < -0.3 is 152 Å². The number of carbonyl (C=O) groups is 11. The predicted octanol–water partition coefficient (Wildman–Crippen LogP) is -4.73. The molecule has 4 rings (SSSR count). The molecule has 0 aromatic heterocycles. The average molecular weight is 1730 g/mol. The first-order valence-corrected chi connectivity index (χ1v) is 42.5. The molecule has 0 aromatic carbocycles. The Morgan fingerprint density at radius 3 is 0.942 bits per heavy atom. The van der Waals surface area contributed by atoms with Crippen LogP contribution in [0.3, 0.4) is 0 Å². The van der Waals surface area contributed by atoms with E-state index in [0.29, 0.717) is 83.5 Å². The average Bonchev–Trinajstić information content (AvgIpc) is 0.999. The number of aliphatic hydroxyl groups excluding tert-OH is 11. The van der Waals surface area contributed by atoms with Crippen molar-refractivity contribution in [3.8, 4) is 0 Å². The molecule has 4 aliphatic heterocycles. The number of unbranched alkanes of at least 4 members (excludes halogenated alkanes) is 10. The van der Waals surface area contributed by atoms with Crippen LogP contribution in [0.15, 0.2) is 0 Å². The molecule has 10 amide bonds. The second-order valence-corrected chi connectivity index (χ2v) is 31.2. The van der Waals surface area contributed by atoms with Crippen molar-refractivity contribution in [2.24, 2.45) is 5.41 Å². The number of β-amino-alcohol motifs (C(OH)–C–C–N with tert-alkyl or cyclic N) is 1. The van der Waals surface area contributed by atoms with Crippen molar-refractivity contribution >= 4 is 64.9 Å². The van der Waals surface area contributed by atoms with Gasteiger partial charge in [-0.1, -0.05) is 38.5 Å². The van der Waals surface area contributed by atoms with Crippen LogP contribution in [0.25, 0.3) is 0 Å². The quantitative estimate of drug-likeness (QED) is 0.0254. The number of hydrogen-bond acceptors (Lipinski definition) is 31. The maximum absolute atomic E-state index is 14.1. The van der Waals surface area contributed by atoms with E-state index >= 15 is 0 Å². The second-order valence-electron chi connectivity index (χ2n) is 31.2. The third kappa shape index (κ3) is 42.3. The Kier molecular flexibility index (Phi) is 53.8. The summed E-state index contributed by atoms with van der Waals surface area (Å²) in [5.41, 5.74) is -1.19. The van der Waals surface area contributed by atoms with Crippen LogP contribution in [0.1, 0.15) is 194 Å². The van der Waals surface area contributed by atoms with Crippen LogP contribution in [-0.4, -0.2) is 362 Å². The minimum absolute atomic E-state index is 0.0743. The van der Waals surface area contributed by atoms with Gasteiger partial charge in [-0.3, -0.25) is 52.7 Å². The summed E-state index contributed by atoms with van der Waals surface area (Å²) in [6.45, 7) is 2.81. The highest BCUT2D eigenvalue weighted by Crippen LogP contribution is 2.30. The van der Waals surface area contributed by atoms with Crippen LogP contribution in [0.5, 0.6) is 0 Å². The van der Waals surface area contributed by atoms with Crippen LogP contribution in [0, 0.1) is 5.41 Å². The molecule has 4 heterocycles. The van der Waals surface area contributed by atoms with Gasteiger partial charge in [0.25, 0.3) is 0 Å². The van der Waals surface area contributed by atoms with E-state index in [2.05, 4.69) is 47.9 Å². The molecule has 4 aliphatic rings. The number of carbonyl (C=O) groups excluding carboxylic acids is 11. The van der Waals surface area contributed by atoms with E-state index in [9.17, 15) is 109 Å². The smallest absolute Gasteiger partial charge is 0.222 e. The molecule has 0 spiro atoms. The third-order valence-corrected chi connectivity index (χ3v) is 20.7. The molecule has 17 atom stereocenters. The summed E-state index contributed by atoms with van der Waals surface area (Å²) in [7, 11) is 0. The lowest BCUT2D eigenvalue weighted by Gasteiger charge is -2.42. The maximum Gasteiger partial charge on any atom is 0.222 e. The molecular formula is C79H140N10O31. The number of likely N-dealkylation sites (tertiary alicyclic amines) is 1. The molecule has 4 saturated heterocycles. The van der Waals surface area contributed by atoms with Crippen molar-refractivity contribution in [2.45, 2.75) is 298 Å². The van der Waals surface area contributed by atoms with E-state index in [4.69, 9.17) is 42.6 Å². The second kappa shape index (κ2) is 61.0. The first kappa shape index (κ1) is 106. The highest BCUT2D eigenvalue weighted by Gasteiger charge is 2.48. The van der Waals surface area contributed by atoms with Crippen LogP contribution in [-0.2, 0) is 95.4 Å². The fourth-order valence-electron chi connectivity index (χ4n) is 14.1. The van der Waals surface area contributed by atoms with Crippen LogP contribution in [0.4, 0.5) is 0 Å². The van der Waals surface area contributed by atoms with E-state index in [1.165, 1.54) is 20.8 Å². The van der Waals surface area contributed by atoms with Crippen molar-refractivity contribution in [1.29, 1.82) is 0 Å². The molecule has 0 saturated carbocycles. The summed E-state index contributed by atoms with van der Waals surface area (Å²) < 4.78 is 52.4. The summed E-state index contributed by atoms with van der Waals surface area (Å²) >= 11 is 0. The predicted molar refractivity (Wildman–Crippen MR) is 425 cm³/mol. The van der Waals surface area contributed by atoms with Gasteiger partial charge in [0.1, 0.15) is 78.8 Å². The summed E-state index contributed by atoms with van der Waals surface area (Å²) in [4.78, 5) is 141. The number of aliphatic hydroxyl groups is 11. The van der Waals surface area contributed by atoms with E-state index in [-0.39, 0.29) is 216 Å². The molecular weight excluding hydrogens is 1580 g/mol. The van der Waals surface area contributed by atoms with Crippen LogP contribution in [0.2, 0.25) is 0 Å². The highest BCUT2D eigenvalue weighted by atomic mass is 16.7. The third-order valence-electron chi connectivity index (χ3n) is 20.7. The van der Waals surface area contributed by atoms with Crippen molar-refractivity contribution in [3.05, 3.63) is 0 Å². The Morgan fingerprint density at radius 1 is 0.350 bits per heavy atom. The van der Waals surface area contributed by atoms with E-state index < -0.39 is 141 Å². The van der Waals surface area contributed by atoms with Crippen LogP contribution < -0.4 is 47.9 Å². The Hall–Kier alpha value is -6.43. The first-order valence-electron chi connectivity index (χ1n) is 42.5. The number of ether oxygens (including phenoxy) is 9. The van der Waals surface area contributed by atoms with Gasteiger partial charge in [-0.05, 0) is 77.0 Å². The van der Waals surface area contributed by atoms with Gasteiger partial charge in [-0.2, -0.15) is 0 Å². The fourth-order valence-corrected chi connectivity index (χ4v) is 14.1. The first-order chi connectivity index (χ1) is 57.5. The van der Waals surface area contributed by atoms with Gasteiger partial charge in [0.2, 0.25) is 59.1 Å². The monoisotopic (exact) mass is 1720 g/mol. The molecule has 0 radical (unpaired) electrons. The minimum atomic E-state index is -1.46. The SMILES string of the molecule is CC(=O)NC1C(OCCCCC(=O)NCCCNC(=O)CCOCC(COCCC(=O)NCCCNC(=O)CCCCOC2OC(CO)C(O)C(O)C2NC(C)=O)(COCCC(=O)NCCCNC(=O)CCCCOC2OC(CO)C(O)C(O)C2NC(C)=O)CC(=O)CCCCCCCCCCC(=O)N2C[C@H](O)C[C@H]2CO)OC(CO)C(O)C1O. The molecule has 120 heavy (non-hydrogen) atoms. The zero-order valence-corrected chi connectivity index (χ0v) is 70.1. The Labute approximate surface area is 701 Å². The number of Topliss-reactive ketones (excluding diaryl/α,β-unsaturated/α-hetero) is 1. The van der Waals surface area contributed by atoms with Crippen molar-refractivity contribution < 1.29 is 152 Å². The summed E-state index contributed by atoms with van der Waals surface area (Å²) in [5, 5.41) is 135. The van der Waals surface area contributed by atoms with Gasteiger partial charge >= 0.3 is 0 Å². The number of nitrogens with one attached hydrogen (secondary N) is 9. The highest BCUT2D eigenvalue weighted by molar-refractivity contribution is 5.80. The lowest BCUT2D eigenvalue weighted by Crippen LogP contribution is -2.64. The molecule has 41 nitrogen and oxygen atoms in total. The summed E-state index contributed by atoms with van der Waals surface area (Å²) in [6, 6.07) is -3.66. The van der Waals surface area contributed by atoms with Gasteiger partial charge in [0.15, 0.2) is 18.9 Å². The molecule has 692 valence electrons. The molecule has 0 aromatic rings. The zero-order valence-electron chi connectivity index (χ0n) is 70.1. The standard InChI is InChI=1S/C79H140N10O31/c1-51(94)86-67-73(109)70(106)57(45-91)118-76(67)115-35-15-12-22-60(99)80-29-18-32-83-63(102)26-38-112-48-79(42-55(97)21-10-8-6-4-5-7-9-11-25-66(105)89-43-56(98)41-54(89)44-90,49-113-39-27-64(103)84-33-19-30-81-61(100)23-13-16-36-116-77-68(87-52(2)95)74(110)71(107)58(46-92)119-77)50-114-40-28-65(104)85-34-20-31-82-62(101)24-14-17-37-117-78-69(88-53(3)96)75(111)72(108)59(47-93)120-78/h54,56-59,67-78,90-93,98,106-111H,4-50H2,1-3H3,(H,80,99)(H,81,100)(H,82,101)(H,83,102)(H,84,103)(H,85,104)(H,86,94)(H,87,95)(H,88,96)/t54-,56+,57?,58?,59?,67?,68?,69?,70?,71?,72?,73?,74?,75?,76?,77?,78?,79?/m0/s1. The maximum atomic E-state index is 14.1. The van der Waals surface area contributed by atoms with Crippen LogP contribution >= 0.6 is 0 Å². The van der Waals surface area contributed by atoms with Gasteiger partial charge in [-0.25, -0.2) is 0 Å². The lowest BCUT2D eigenvalue weighted by molar-refractivity contribution is -0.270. The topological polar surface area (TPSA) is 605 Å². The van der Waals surface area contributed by atoms with Gasteiger partial charge in [0, 0.05) is 150 Å². The number of amides is 10. The van der Waals surface area contributed by atoms with E-state index in [1.54, 1.807) is 4.90 Å². The van der Waals surface area contributed by atoms with Crippen molar-refractivity contribution in [2.75, 3.05) is 132 Å². The number of ketones is 1. The molecule has 4 fully saturated rings. The number of rotatable bonds is 65. The number of hydrogen-bond donors (Lipinski definition) is 20.